The first-order chi connectivity index (χ1) is 15.7. The number of Topliss-reactive ketones (excluding diaryl/α,β-unsaturated/α-hetero) is 1. The van der Waals surface area contributed by atoms with Gasteiger partial charge in [-0.05, 0) is 112 Å². The lowest BCUT2D eigenvalue weighted by Gasteiger charge is -2.56. The highest BCUT2D eigenvalue weighted by molar-refractivity contribution is 5.84. The van der Waals surface area contributed by atoms with Crippen LogP contribution < -0.4 is 0 Å². The van der Waals surface area contributed by atoms with Crippen LogP contribution in [0.5, 0.6) is 0 Å². The van der Waals surface area contributed by atoms with Gasteiger partial charge in [0.2, 0.25) is 0 Å². The largest absolute Gasteiger partial charge is 0.390 e. The minimum absolute atomic E-state index is 0.0768. The van der Waals surface area contributed by atoms with E-state index in [2.05, 4.69) is 17.2 Å². The summed E-state index contributed by atoms with van der Waals surface area (Å²) in [5, 5.41) is 18.8. The van der Waals surface area contributed by atoms with Crippen LogP contribution in [0.1, 0.15) is 71.6 Å². The van der Waals surface area contributed by atoms with E-state index in [1.54, 1.807) is 10.7 Å². The van der Waals surface area contributed by atoms with Crippen LogP contribution in [-0.4, -0.2) is 31.5 Å². The van der Waals surface area contributed by atoms with Crippen LogP contribution in [0.15, 0.2) is 18.2 Å². The highest BCUT2D eigenvalue weighted by atomic mass is 19.1. The van der Waals surface area contributed by atoms with Crippen molar-refractivity contribution >= 4 is 16.8 Å². The maximum atomic E-state index is 13.6. The lowest BCUT2D eigenvalue weighted by molar-refractivity contribution is -0.133. The Morgan fingerprint density at radius 2 is 1.91 bits per heavy atom. The maximum absolute atomic E-state index is 13.6. The molecule has 0 saturated heterocycles. The predicted molar refractivity (Wildman–Crippen MR) is 124 cm³/mol. The second-order valence-corrected chi connectivity index (χ2v) is 12.2. The molecule has 4 saturated carbocycles. The first-order valence-electron chi connectivity index (χ1n) is 13.0. The van der Waals surface area contributed by atoms with Gasteiger partial charge in [-0.3, -0.25) is 4.79 Å². The Morgan fingerprint density at radius 3 is 2.76 bits per heavy atom. The molecule has 1 heterocycles. The minimum Gasteiger partial charge on any atom is -0.390 e. The van der Waals surface area contributed by atoms with Crippen molar-refractivity contribution in [2.45, 2.75) is 83.8 Å². The van der Waals surface area contributed by atoms with Gasteiger partial charge in [-0.1, -0.05) is 12.1 Å². The molecule has 6 rings (SSSR count). The van der Waals surface area contributed by atoms with E-state index in [9.17, 15) is 14.3 Å². The smallest absolute Gasteiger partial charge is 0.157 e. The highest BCUT2D eigenvalue weighted by Gasteiger charge is 2.58. The van der Waals surface area contributed by atoms with Crippen LogP contribution >= 0.6 is 0 Å². The van der Waals surface area contributed by atoms with Crippen LogP contribution in [0, 0.1) is 46.7 Å². The number of hydrogen-bond acceptors (Lipinski definition) is 4. The Bertz CT molecular complexity index is 1080. The molecule has 0 aliphatic heterocycles. The van der Waals surface area contributed by atoms with Crippen molar-refractivity contribution in [2.24, 2.45) is 40.9 Å². The summed E-state index contributed by atoms with van der Waals surface area (Å²) in [6, 6.07) is 4.45. The molecule has 0 radical (unpaired) electrons. The molecule has 178 valence electrons. The van der Waals surface area contributed by atoms with Crippen molar-refractivity contribution in [3.8, 4) is 0 Å². The number of aromatic nitrogens is 3. The Labute approximate surface area is 195 Å². The second kappa shape index (κ2) is 7.59. The molecule has 0 amide bonds. The van der Waals surface area contributed by atoms with Gasteiger partial charge in [-0.25, -0.2) is 9.07 Å². The van der Waals surface area contributed by atoms with Gasteiger partial charge < -0.3 is 5.11 Å². The Morgan fingerprint density at radius 1 is 1.09 bits per heavy atom. The molecule has 8 atom stereocenters. The summed E-state index contributed by atoms with van der Waals surface area (Å²) in [5.41, 5.74) is 0.828. The van der Waals surface area contributed by atoms with Gasteiger partial charge in [-0.2, -0.15) is 0 Å². The van der Waals surface area contributed by atoms with Crippen molar-refractivity contribution in [3.63, 3.8) is 0 Å². The van der Waals surface area contributed by atoms with E-state index in [-0.39, 0.29) is 29.5 Å². The van der Waals surface area contributed by atoms with E-state index in [0.29, 0.717) is 17.4 Å². The summed E-state index contributed by atoms with van der Waals surface area (Å²) in [6.07, 6.45) is 10.1. The van der Waals surface area contributed by atoms with Crippen molar-refractivity contribution in [1.29, 1.82) is 0 Å². The second-order valence-electron chi connectivity index (χ2n) is 12.2. The molecule has 0 bridgehead atoms. The van der Waals surface area contributed by atoms with Gasteiger partial charge in [0.05, 0.1) is 11.1 Å². The van der Waals surface area contributed by atoms with Crippen LogP contribution in [0.3, 0.4) is 0 Å². The number of carbonyl (C=O) groups excluding carboxylic acids is 1. The molecule has 2 aromatic rings. The summed E-state index contributed by atoms with van der Waals surface area (Å²) < 4.78 is 15.2. The number of nitrogens with zero attached hydrogens (tertiary/aromatic N) is 3. The van der Waals surface area contributed by atoms with E-state index < -0.39 is 5.60 Å². The Hall–Kier alpha value is -1.82. The number of fused-ring (bicyclic) bond motifs is 6. The van der Waals surface area contributed by atoms with Crippen LogP contribution in [0.2, 0.25) is 0 Å². The van der Waals surface area contributed by atoms with Crippen LogP contribution in [0.4, 0.5) is 4.39 Å². The van der Waals surface area contributed by atoms with Gasteiger partial charge in [0.15, 0.2) is 5.78 Å². The highest BCUT2D eigenvalue weighted by Crippen LogP contribution is 2.64. The number of aliphatic hydroxyl groups is 1. The lowest BCUT2D eigenvalue weighted by Crippen LogP contribution is -2.51. The molecule has 33 heavy (non-hydrogen) atoms. The topological polar surface area (TPSA) is 68.0 Å². The van der Waals surface area contributed by atoms with Crippen LogP contribution in [0.25, 0.3) is 11.0 Å². The van der Waals surface area contributed by atoms with Gasteiger partial charge in [0, 0.05) is 12.0 Å². The summed E-state index contributed by atoms with van der Waals surface area (Å²) in [7, 11) is 0. The average Bonchev–Trinajstić information content (AvgIpc) is 3.32. The molecule has 4 fully saturated rings. The fraction of sp³-hybridized carbons (Fsp3) is 0.741. The van der Waals surface area contributed by atoms with E-state index in [4.69, 9.17) is 0 Å². The van der Waals surface area contributed by atoms with Crippen molar-refractivity contribution in [3.05, 3.63) is 24.0 Å². The third kappa shape index (κ3) is 3.46. The number of rotatable bonds is 3. The predicted octanol–water partition coefficient (Wildman–Crippen LogP) is 5.16. The van der Waals surface area contributed by atoms with Gasteiger partial charge in [-0.15, -0.1) is 5.10 Å². The first-order valence-corrected chi connectivity index (χ1v) is 13.0. The monoisotopic (exact) mass is 453 g/mol. The lowest BCUT2D eigenvalue weighted by atomic mass is 9.49. The molecule has 1 aromatic carbocycles. The standard InChI is InChI=1S/C27H36FN3O2/c1-26(33)11-9-18-16(14-26)3-5-20-19(18)10-12-27(2)21(20)6-7-22(27)25(32)15-31-24-8-4-17(28)13-23(24)29-30-31/h4,8,13,16,18-22,33H,3,5-7,9-12,14-15H2,1-2H3/t16?,18-,19+,20+,21-,22+,26+,27-/m0/s1. The molecule has 1 aromatic heterocycles. The number of benzene rings is 1. The zero-order valence-electron chi connectivity index (χ0n) is 19.8. The minimum atomic E-state index is -0.473. The summed E-state index contributed by atoms with van der Waals surface area (Å²) in [6.45, 7) is 4.63. The summed E-state index contributed by atoms with van der Waals surface area (Å²) in [4.78, 5) is 13.6. The average molecular weight is 454 g/mol. The fourth-order valence-corrected chi connectivity index (χ4v) is 8.93. The fourth-order valence-electron chi connectivity index (χ4n) is 8.93. The molecule has 6 heteroatoms. The molecule has 1 N–H and O–H groups in total. The van der Waals surface area contributed by atoms with Crippen molar-refractivity contribution in [1.82, 2.24) is 15.0 Å². The number of hydrogen-bond donors (Lipinski definition) is 1. The Kier molecular flexibility index (Phi) is 4.99. The third-order valence-electron chi connectivity index (χ3n) is 10.4. The van der Waals surface area contributed by atoms with E-state index in [1.807, 2.05) is 6.92 Å². The van der Waals surface area contributed by atoms with E-state index in [0.717, 1.165) is 55.4 Å². The molecule has 0 spiro atoms. The molecule has 5 nitrogen and oxygen atoms in total. The third-order valence-corrected chi connectivity index (χ3v) is 10.4. The maximum Gasteiger partial charge on any atom is 0.157 e. The van der Waals surface area contributed by atoms with Gasteiger partial charge in [0.25, 0.3) is 0 Å². The van der Waals surface area contributed by atoms with Gasteiger partial charge in [0.1, 0.15) is 17.9 Å². The Balaban J connectivity index is 1.19. The first kappa shape index (κ1) is 21.7. The van der Waals surface area contributed by atoms with E-state index >= 15 is 0 Å². The van der Waals surface area contributed by atoms with Crippen LogP contribution in [-0.2, 0) is 11.3 Å². The summed E-state index contributed by atoms with van der Waals surface area (Å²) >= 11 is 0. The molecular weight excluding hydrogens is 417 g/mol. The quantitative estimate of drug-likeness (QED) is 0.697. The van der Waals surface area contributed by atoms with E-state index in [1.165, 1.54) is 37.8 Å². The van der Waals surface area contributed by atoms with Gasteiger partial charge >= 0.3 is 0 Å². The SMILES string of the molecule is C[C@@]1(O)CC[C@H]2C(CC[C@@H]3[C@@H]2CC[C@]2(C)[C@@H](C(=O)Cn4nnc5cc(F)ccc54)CC[C@@H]32)C1. The number of carbonyl (C=O) groups is 1. The zero-order valence-corrected chi connectivity index (χ0v) is 19.8. The molecule has 4 aliphatic carbocycles. The van der Waals surface area contributed by atoms with Crippen molar-refractivity contribution < 1.29 is 14.3 Å². The zero-order chi connectivity index (χ0) is 23.0. The molecule has 4 aliphatic rings. The normalized spacial score (nSPS) is 42.5. The summed E-state index contributed by atoms with van der Waals surface area (Å²) in [5.74, 6) is 3.61. The molecule has 1 unspecified atom stereocenters. The molecular formula is C27H36FN3O2. The number of halogens is 1. The van der Waals surface area contributed by atoms with Crippen molar-refractivity contribution in [2.75, 3.05) is 0 Å². The number of ketones is 1.